The number of carbonyl (C=O) groups excluding carboxylic acids is 2. The molecule has 0 aliphatic heterocycles. The van der Waals surface area contributed by atoms with Gasteiger partial charge in [-0.2, -0.15) is 0 Å². The maximum Gasteiger partial charge on any atom is 0.343 e. The molecule has 0 heterocycles. The lowest BCUT2D eigenvalue weighted by atomic mass is 10.1. The Morgan fingerprint density at radius 2 is 1.85 bits per heavy atom. The summed E-state index contributed by atoms with van der Waals surface area (Å²) in [6.45, 7) is 3.31. The molecule has 0 aliphatic rings. The second-order valence-electron chi connectivity index (χ2n) is 4.46. The van der Waals surface area contributed by atoms with E-state index in [1.54, 1.807) is 36.4 Å². The summed E-state index contributed by atoms with van der Waals surface area (Å²) in [6.07, 6.45) is 0. The topological polar surface area (TPSA) is 43.4 Å². The van der Waals surface area contributed by atoms with Gasteiger partial charge in [0.1, 0.15) is 5.75 Å². The van der Waals surface area contributed by atoms with E-state index in [0.717, 1.165) is 5.56 Å². The van der Waals surface area contributed by atoms with Gasteiger partial charge in [-0.25, -0.2) is 4.79 Å². The summed E-state index contributed by atoms with van der Waals surface area (Å²) < 4.78 is 5.28. The zero-order valence-corrected chi connectivity index (χ0v) is 11.9. The lowest BCUT2D eigenvalue weighted by Crippen LogP contribution is -2.11. The van der Waals surface area contributed by atoms with E-state index in [1.165, 1.54) is 13.0 Å². The minimum absolute atomic E-state index is 0.150. The maximum atomic E-state index is 12.0. The highest BCUT2D eigenvalue weighted by Gasteiger charge is 2.14. The maximum absolute atomic E-state index is 12.0. The highest BCUT2D eigenvalue weighted by Crippen LogP contribution is 2.22. The van der Waals surface area contributed by atoms with E-state index >= 15 is 0 Å². The summed E-state index contributed by atoms with van der Waals surface area (Å²) in [5, 5.41) is 0.454. The van der Waals surface area contributed by atoms with Gasteiger partial charge in [0, 0.05) is 5.02 Å². The normalized spacial score (nSPS) is 10.2. The first kappa shape index (κ1) is 14.3. The Morgan fingerprint density at radius 1 is 1.10 bits per heavy atom. The first-order valence-corrected chi connectivity index (χ1v) is 6.44. The number of carbonyl (C=O) groups is 2. The minimum atomic E-state index is -0.543. The van der Waals surface area contributed by atoms with E-state index in [2.05, 4.69) is 0 Å². The standard InChI is InChI=1S/C16H13ClO3/c1-10-6-7-15(14(8-10)11(2)18)20-16(19)12-4-3-5-13(17)9-12/h3-9H,1-2H3. The zero-order chi connectivity index (χ0) is 14.7. The highest BCUT2D eigenvalue weighted by atomic mass is 35.5. The Hall–Kier alpha value is -2.13. The van der Waals surface area contributed by atoms with Crippen LogP contribution in [0.15, 0.2) is 42.5 Å². The summed E-state index contributed by atoms with van der Waals surface area (Å²) in [5.74, 6) is -0.436. The number of hydrogen-bond acceptors (Lipinski definition) is 3. The van der Waals surface area contributed by atoms with Crippen LogP contribution in [-0.4, -0.2) is 11.8 Å². The van der Waals surface area contributed by atoms with Gasteiger partial charge >= 0.3 is 5.97 Å². The van der Waals surface area contributed by atoms with E-state index in [4.69, 9.17) is 16.3 Å². The van der Waals surface area contributed by atoms with Crippen LogP contribution in [0.2, 0.25) is 5.02 Å². The molecule has 0 spiro atoms. The quantitative estimate of drug-likeness (QED) is 0.486. The molecule has 3 nitrogen and oxygen atoms in total. The largest absolute Gasteiger partial charge is 0.422 e. The van der Waals surface area contributed by atoms with Crippen molar-refractivity contribution in [2.75, 3.05) is 0 Å². The van der Waals surface area contributed by atoms with Crippen molar-refractivity contribution in [3.63, 3.8) is 0 Å². The molecule has 0 saturated carbocycles. The number of Topliss-reactive ketones (excluding diaryl/α,β-unsaturated/α-hetero) is 1. The predicted molar refractivity (Wildman–Crippen MR) is 77.6 cm³/mol. The van der Waals surface area contributed by atoms with Crippen molar-refractivity contribution in [1.82, 2.24) is 0 Å². The third-order valence-electron chi connectivity index (χ3n) is 2.78. The average Bonchev–Trinajstić information content (AvgIpc) is 2.40. The molecule has 0 amide bonds. The van der Waals surface area contributed by atoms with Crippen LogP contribution in [0.25, 0.3) is 0 Å². The molecule has 0 fully saturated rings. The van der Waals surface area contributed by atoms with Crippen LogP contribution in [0.5, 0.6) is 5.75 Å². The Morgan fingerprint density at radius 3 is 2.50 bits per heavy atom. The van der Waals surface area contributed by atoms with Gasteiger partial charge in [-0.1, -0.05) is 29.3 Å². The van der Waals surface area contributed by atoms with Crippen LogP contribution >= 0.6 is 11.6 Å². The fourth-order valence-electron chi connectivity index (χ4n) is 1.78. The van der Waals surface area contributed by atoms with Gasteiger partial charge in [0.15, 0.2) is 5.78 Å². The minimum Gasteiger partial charge on any atom is -0.422 e. The van der Waals surface area contributed by atoms with E-state index in [-0.39, 0.29) is 11.5 Å². The van der Waals surface area contributed by atoms with Crippen molar-refractivity contribution in [2.45, 2.75) is 13.8 Å². The molecule has 2 rings (SSSR count). The van der Waals surface area contributed by atoms with Crippen LogP contribution in [0.3, 0.4) is 0 Å². The number of ketones is 1. The molecule has 4 heteroatoms. The van der Waals surface area contributed by atoms with Crippen LogP contribution in [0, 0.1) is 6.92 Å². The van der Waals surface area contributed by atoms with E-state index < -0.39 is 5.97 Å². The molecule has 0 saturated heterocycles. The number of benzene rings is 2. The third-order valence-corrected chi connectivity index (χ3v) is 3.01. The smallest absolute Gasteiger partial charge is 0.343 e. The summed E-state index contributed by atoms with van der Waals surface area (Å²) in [7, 11) is 0. The molecule has 20 heavy (non-hydrogen) atoms. The Balaban J connectivity index is 2.30. The molecule has 0 N–H and O–H groups in total. The van der Waals surface area contributed by atoms with Crippen LogP contribution in [-0.2, 0) is 0 Å². The van der Waals surface area contributed by atoms with Crippen molar-refractivity contribution in [1.29, 1.82) is 0 Å². The first-order chi connectivity index (χ1) is 9.47. The van der Waals surface area contributed by atoms with Gasteiger partial charge in [0.2, 0.25) is 0 Å². The summed E-state index contributed by atoms with van der Waals surface area (Å²) in [6, 6.07) is 11.6. The molecule has 0 unspecified atom stereocenters. The van der Waals surface area contributed by atoms with Crippen molar-refractivity contribution in [2.24, 2.45) is 0 Å². The summed E-state index contributed by atoms with van der Waals surface area (Å²) in [5.41, 5.74) is 1.66. The fourth-order valence-corrected chi connectivity index (χ4v) is 1.97. The van der Waals surface area contributed by atoms with E-state index in [9.17, 15) is 9.59 Å². The van der Waals surface area contributed by atoms with Crippen molar-refractivity contribution in [3.8, 4) is 5.75 Å². The Labute approximate surface area is 122 Å². The number of aryl methyl sites for hydroxylation is 1. The molecular weight excluding hydrogens is 276 g/mol. The molecule has 102 valence electrons. The molecular formula is C16H13ClO3. The lowest BCUT2D eigenvalue weighted by molar-refractivity contribution is 0.0733. The molecule has 0 radical (unpaired) electrons. The van der Waals surface area contributed by atoms with Gasteiger partial charge in [-0.05, 0) is 44.2 Å². The van der Waals surface area contributed by atoms with Crippen LogP contribution in [0.4, 0.5) is 0 Å². The molecule has 0 aromatic heterocycles. The molecule has 2 aromatic carbocycles. The predicted octanol–water partition coefficient (Wildman–Crippen LogP) is 4.07. The zero-order valence-electron chi connectivity index (χ0n) is 11.1. The van der Waals surface area contributed by atoms with Gasteiger partial charge in [-0.15, -0.1) is 0 Å². The summed E-state index contributed by atoms with van der Waals surface area (Å²) in [4.78, 5) is 23.6. The first-order valence-electron chi connectivity index (χ1n) is 6.06. The number of ether oxygens (including phenoxy) is 1. The van der Waals surface area contributed by atoms with Crippen LogP contribution < -0.4 is 4.74 Å². The number of halogens is 1. The summed E-state index contributed by atoms with van der Waals surface area (Å²) >= 11 is 5.83. The van der Waals surface area contributed by atoms with Crippen molar-refractivity contribution < 1.29 is 14.3 Å². The van der Waals surface area contributed by atoms with Crippen molar-refractivity contribution in [3.05, 3.63) is 64.2 Å². The third kappa shape index (κ3) is 3.25. The number of esters is 1. The average molecular weight is 289 g/mol. The number of rotatable bonds is 3. The lowest BCUT2D eigenvalue weighted by Gasteiger charge is -2.09. The Kier molecular flexibility index (Phi) is 4.20. The monoisotopic (exact) mass is 288 g/mol. The molecule has 0 bridgehead atoms. The molecule has 0 aliphatic carbocycles. The number of hydrogen-bond donors (Lipinski definition) is 0. The van der Waals surface area contributed by atoms with Gasteiger partial charge in [-0.3, -0.25) is 4.79 Å². The van der Waals surface area contributed by atoms with E-state index in [1.807, 2.05) is 6.92 Å². The van der Waals surface area contributed by atoms with Gasteiger partial charge in [0.25, 0.3) is 0 Å². The van der Waals surface area contributed by atoms with Crippen LogP contribution in [0.1, 0.15) is 33.2 Å². The Bertz CT molecular complexity index is 677. The van der Waals surface area contributed by atoms with Gasteiger partial charge in [0.05, 0.1) is 11.1 Å². The highest BCUT2D eigenvalue weighted by molar-refractivity contribution is 6.30. The SMILES string of the molecule is CC(=O)c1cc(C)ccc1OC(=O)c1cccc(Cl)c1. The molecule has 2 aromatic rings. The second-order valence-corrected chi connectivity index (χ2v) is 4.89. The second kappa shape index (κ2) is 5.88. The van der Waals surface area contributed by atoms with Crippen molar-refractivity contribution >= 4 is 23.4 Å². The van der Waals surface area contributed by atoms with E-state index in [0.29, 0.717) is 16.1 Å². The fraction of sp³-hybridized carbons (Fsp3) is 0.125. The molecule has 0 atom stereocenters. The van der Waals surface area contributed by atoms with Gasteiger partial charge < -0.3 is 4.74 Å².